The molecule has 3 rings (SSSR count). The maximum atomic E-state index is 13.7. The summed E-state index contributed by atoms with van der Waals surface area (Å²) in [6.45, 7) is 2.33. The number of hydrogen-bond donors (Lipinski definition) is 0. The van der Waals surface area contributed by atoms with Crippen LogP contribution in [0.3, 0.4) is 0 Å². The van der Waals surface area contributed by atoms with E-state index in [1.165, 1.54) is 70.6 Å². The zero-order valence-corrected chi connectivity index (χ0v) is 17.0. The van der Waals surface area contributed by atoms with E-state index in [-0.39, 0.29) is 10.8 Å². The topological polar surface area (TPSA) is 0 Å². The van der Waals surface area contributed by atoms with Gasteiger partial charge in [-0.15, -0.1) is 0 Å². The highest BCUT2D eigenvalue weighted by atomic mass is 35.5. The van der Waals surface area contributed by atoms with Crippen LogP contribution in [0.1, 0.15) is 89.0 Å². The Morgan fingerprint density at radius 2 is 1.69 bits per heavy atom. The quantitative estimate of drug-likeness (QED) is 0.438. The third kappa shape index (κ3) is 5.59. The molecule has 2 aliphatic carbocycles. The molecule has 26 heavy (non-hydrogen) atoms. The highest BCUT2D eigenvalue weighted by Crippen LogP contribution is 2.38. The summed E-state index contributed by atoms with van der Waals surface area (Å²) in [5.74, 6) is 2.92. The van der Waals surface area contributed by atoms with Gasteiger partial charge in [0.05, 0.1) is 5.02 Å². The van der Waals surface area contributed by atoms with E-state index in [9.17, 15) is 4.39 Å². The van der Waals surface area contributed by atoms with E-state index in [4.69, 9.17) is 11.6 Å². The third-order valence-corrected chi connectivity index (χ3v) is 7.19. The second-order valence-electron chi connectivity index (χ2n) is 8.59. The maximum Gasteiger partial charge on any atom is 0.142 e. The third-order valence-electron chi connectivity index (χ3n) is 6.88. The Bertz CT molecular complexity index is 578. The van der Waals surface area contributed by atoms with E-state index in [0.29, 0.717) is 5.92 Å². The zero-order valence-electron chi connectivity index (χ0n) is 16.2. The molecule has 2 saturated carbocycles. The van der Waals surface area contributed by atoms with Crippen molar-refractivity contribution >= 4 is 11.6 Å². The Morgan fingerprint density at radius 1 is 1.00 bits per heavy atom. The minimum Gasteiger partial charge on any atom is -0.205 e. The lowest BCUT2D eigenvalue weighted by atomic mass is 9.77. The fourth-order valence-electron chi connectivity index (χ4n) is 4.96. The molecular weight excluding hydrogens is 343 g/mol. The van der Waals surface area contributed by atoms with Crippen molar-refractivity contribution in [3.05, 3.63) is 46.8 Å². The molecule has 1 aromatic rings. The maximum absolute atomic E-state index is 13.7. The average molecular weight is 377 g/mol. The first kappa shape index (κ1) is 19.9. The SMILES string of the molecule is CCC1CCC(/C=C/CCC2CCC(c3ccc(Cl)c(F)c3)CC2)CC1. The molecule has 0 amide bonds. The van der Waals surface area contributed by atoms with Crippen molar-refractivity contribution in [3.8, 4) is 0 Å². The molecule has 0 nitrogen and oxygen atoms in total. The van der Waals surface area contributed by atoms with Gasteiger partial charge >= 0.3 is 0 Å². The van der Waals surface area contributed by atoms with Crippen LogP contribution in [-0.4, -0.2) is 0 Å². The Kier molecular flexibility index (Phi) is 7.61. The second-order valence-corrected chi connectivity index (χ2v) is 8.99. The Hall–Kier alpha value is -0.820. The van der Waals surface area contributed by atoms with E-state index in [1.807, 2.05) is 6.07 Å². The van der Waals surface area contributed by atoms with Crippen molar-refractivity contribution in [1.29, 1.82) is 0 Å². The standard InChI is InChI=1S/C24H34ClF/c1-2-18-7-9-19(10-8-18)5-3-4-6-20-11-13-21(14-12-20)22-15-16-23(25)24(26)17-22/h3,5,15-21H,2,4,6-14H2,1H3/b5-3+. The van der Waals surface area contributed by atoms with Crippen molar-refractivity contribution in [1.82, 2.24) is 0 Å². The van der Waals surface area contributed by atoms with Crippen LogP contribution in [0.4, 0.5) is 4.39 Å². The molecule has 2 fully saturated rings. The molecule has 0 N–H and O–H groups in total. The van der Waals surface area contributed by atoms with Crippen LogP contribution in [0.15, 0.2) is 30.4 Å². The van der Waals surface area contributed by atoms with Gasteiger partial charge in [-0.3, -0.25) is 0 Å². The Labute approximate surface area is 164 Å². The first-order chi connectivity index (χ1) is 12.7. The molecule has 0 radical (unpaired) electrons. The van der Waals surface area contributed by atoms with Crippen LogP contribution < -0.4 is 0 Å². The molecule has 0 bridgehead atoms. The van der Waals surface area contributed by atoms with E-state index >= 15 is 0 Å². The minimum absolute atomic E-state index is 0.234. The predicted molar refractivity (Wildman–Crippen MR) is 110 cm³/mol. The van der Waals surface area contributed by atoms with Gasteiger partial charge in [0.1, 0.15) is 5.82 Å². The monoisotopic (exact) mass is 376 g/mol. The summed E-state index contributed by atoms with van der Waals surface area (Å²) in [5, 5.41) is 0.234. The predicted octanol–water partition coefficient (Wildman–Crippen LogP) is 8.31. The number of rotatable bonds is 6. The molecule has 2 heteroatoms. The van der Waals surface area contributed by atoms with Gasteiger partial charge in [0.2, 0.25) is 0 Å². The van der Waals surface area contributed by atoms with Crippen LogP contribution >= 0.6 is 11.6 Å². The molecule has 1 aromatic carbocycles. The van der Waals surface area contributed by atoms with Crippen LogP contribution in [0.25, 0.3) is 0 Å². The van der Waals surface area contributed by atoms with Crippen molar-refractivity contribution in [3.63, 3.8) is 0 Å². The molecule has 0 aliphatic heterocycles. The lowest BCUT2D eigenvalue weighted by molar-refractivity contribution is 0.301. The average Bonchev–Trinajstić information content (AvgIpc) is 2.68. The smallest absolute Gasteiger partial charge is 0.142 e. The normalized spacial score (nSPS) is 30.0. The second kappa shape index (κ2) is 9.93. The van der Waals surface area contributed by atoms with Gasteiger partial charge in [-0.05, 0) is 106 Å². The minimum atomic E-state index is -0.274. The molecule has 0 unspecified atom stereocenters. The summed E-state index contributed by atoms with van der Waals surface area (Å²) in [5.41, 5.74) is 1.13. The molecule has 0 saturated heterocycles. The number of halogens is 2. The molecule has 144 valence electrons. The Morgan fingerprint density at radius 3 is 2.35 bits per heavy atom. The number of hydrogen-bond acceptors (Lipinski definition) is 0. The summed E-state index contributed by atoms with van der Waals surface area (Å²) in [7, 11) is 0. The lowest BCUT2D eigenvalue weighted by Crippen LogP contribution is -2.13. The highest BCUT2D eigenvalue weighted by Gasteiger charge is 2.22. The number of allylic oxidation sites excluding steroid dienone is 2. The largest absolute Gasteiger partial charge is 0.205 e. The zero-order chi connectivity index (χ0) is 18.4. The molecule has 0 heterocycles. The summed E-state index contributed by atoms with van der Waals surface area (Å²) in [6, 6.07) is 5.35. The molecule has 0 atom stereocenters. The van der Waals surface area contributed by atoms with E-state index < -0.39 is 0 Å². The van der Waals surface area contributed by atoms with Crippen LogP contribution in [0, 0.1) is 23.6 Å². The van der Waals surface area contributed by atoms with Crippen LogP contribution in [0.5, 0.6) is 0 Å². The van der Waals surface area contributed by atoms with Gasteiger partial charge in [0.25, 0.3) is 0 Å². The Balaban J connectivity index is 1.35. The van der Waals surface area contributed by atoms with Gasteiger partial charge in [-0.1, -0.05) is 43.2 Å². The van der Waals surface area contributed by atoms with Gasteiger partial charge < -0.3 is 0 Å². The van der Waals surface area contributed by atoms with Crippen LogP contribution in [0.2, 0.25) is 5.02 Å². The first-order valence-electron chi connectivity index (χ1n) is 10.8. The fraction of sp³-hybridized carbons (Fsp3) is 0.667. The first-order valence-corrected chi connectivity index (χ1v) is 11.1. The molecule has 0 aromatic heterocycles. The van der Waals surface area contributed by atoms with Crippen LogP contribution in [-0.2, 0) is 0 Å². The lowest BCUT2D eigenvalue weighted by Gasteiger charge is -2.29. The molecular formula is C24H34ClF. The summed E-state index contributed by atoms with van der Waals surface area (Å²) in [4.78, 5) is 0. The van der Waals surface area contributed by atoms with Gasteiger partial charge in [-0.25, -0.2) is 4.39 Å². The fourth-order valence-corrected chi connectivity index (χ4v) is 5.08. The van der Waals surface area contributed by atoms with Crippen molar-refractivity contribution < 1.29 is 4.39 Å². The van der Waals surface area contributed by atoms with Crippen molar-refractivity contribution in [2.75, 3.05) is 0 Å². The van der Waals surface area contributed by atoms with Gasteiger partial charge in [0, 0.05) is 0 Å². The van der Waals surface area contributed by atoms with Crippen molar-refractivity contribution in [2.45, 2.75) is 83.5 Å². The summed E-state index contributed by atoms with van der Waals surface area (Å²) >= 11 is 5.80. The van der Waals surface area contributed by atoms with E-state index in [1.54, 1.807) is 12.1 Å². The highest BCUT2D eigenvalue weighted by molar-refractivity contribution is 6.30. The number of benzene rings is 1. The van der Waals surface area contributed by atoms with E-state index in [0.717, 1.165) is 23.3 Å². The van der Waals surface area contributed by atoms with Crippen molar-refractivity contribution in [2.24, 2.45) is 17.8 Å². The molecule has 0 spiro atoms. The molecule has 2 aliphatic rings. The van der Waals surface area contributed by atoms with Gasteiger partial charge in [-0.2, -0.15) is 0 Å². The summed E-state index contributed by atoms with van der Waals surface area (Å²) in [6.07, 6.45) is 19.5. The van der Waals surface area contributed by atoms with E-state index in [2.05, 4.69) is 19.1 Å². The summed E-state index contributed by atoms with van der Waals surface area (Å²) < 4.78 is 13.7. The van der Waals surface area contributed by atoms with Gasteiger partial charge in [0.15, 0.2) is 0 Å².